The first kappa shape index (κ1) is 20.5. The summed E-state index contributed by atoms with van der Waals surface area (Å²) in [6, 6.07) is 14.5. The first-order chi connectivity index (χ1) is 13.7. The van der Waals surface area contributed by atoms with Crippen LogP contribution >= 0.6 is 0 Å². The molecule has 2 aromatic carbocycles. The Hall–Kier alpha value is -2.20. The Kier molecular flexibility index (Phi) is 7.21. The van der Waals surface area contributed by atoms with Crippen molar-refractivity contribution in [2.75, 3.05) is 13.2 Å². The van der Waals surface area contributed by atoms with Gasteiger partial charge in [0.2, 0.25) is 0 Å². The van der Waals surface area contributed by atoms with Crippen molar-refractivity contribution < 1.29 is 13.9 Å². The fourth-order valence-electron chi connectivity index (χ4n) is 3.93. The van der Waals surface area contributed by atoms with Crippen molar-refractivity contribution >= 4 is 5.91 Å². The highest BCUT2D eigenvalue weighted by molar-refractivity contribution is 5.82. The van der Waals surface area contributed by atoms with Gasteiger partial charge < -0.3 is 9.64 Å². The van der Waals surface area contributed by atoms with E-state index in [2.05, 4.69) is 26.0 Å². The second kappa shape index (κ2) is 9.83. The summed E-state index contributed by atoms with van der Waals surface area (Å²) in [4.78, 5) is 15.1. The number of amides is 1. The van der Waals surface area contributed by atoms with Gasteiger partial charge in [-0.1, -0.05) is 56.7 Å². The lowest BCUT2D eigenvalue weighted by atomic mass is 9.87. The zero-order valence-corrected chi connectivity index (χ0v) is 16.9. The molecule has 0 aromatic heterocycles. The lowest BCUT2D eigenvalue weighted by Gasteiger charge is -2.40. The molecule has 0 aliphatic carbocycles. The van der Waals surface area contributed by atoms with Crippen molar-refractivity contribution in [3.8, 4) is 0 Å². The molecule has 0 unspecified atom stereocenters. The highest BCUT2D eigenvalue weighted by atomic mass is 19.1. The summed E-state index contributed by atoms with van der Waals surface area (Å²) < 4.78 is 19.1. The summed E-state index contributed by atoms with van der Waals surface area (Å²) in [5.74, 6) is -0.204. The second-order valence-corrected chi connectivity index (χ2v) is 7.50. The van der Waals surface area contributed by atoms with Crippen LogP contribution in [0.25, 0.3) is 0 Å². The van der Waals surface area contributed by atoms with Gasteiger partial charge in [-0.05, 0) is 54.5 Å². The van der Waals surface area contributed by atoms with E-state index in [1.165, 1.54) is 24.1 Å². The number of ether oxygens (including phenoxy) is 1. The molecule has 4 rings (SSSR count). The number of fused-ring (bicyclic) bond motifs is 1. The van der Waals surface area contributed by atoms with E-state index >= 15 is 0 Å². The molecule has 2 heterocycles. The summed E-state index contributed by atoms with van der Waals surface area (Å²) in [5.41, 5.74) is 3.33. The third-order valence-electron chi connectivity index (χ3n) is 5.21. The van der Waals surface area contributed by atoms with Crippen LogP contribution in [0.3, 0.4) is 0 Å². The molecule has 0 spiro atoms. The third kappa shape index (κ3) is 4.61. The number of benzene rings is 2. The molecule has 1 saturated heterocycles. The molecule has 150 valence electrons. The minimum absolute atomic E-state index is 0.0588. The van der Waals surface area contributed by atoms with Crippen molar-refractivity contribution in [1.29, 1.82) is 0 Å². The summed E-state index contributed by atoms with van der Waals surface area (Å²) in [5, 5.41) is 0. The fourth-order valence-corrected chi connectivity index (χ4v) is 3.93. The van der Waals surface area contributed by atoms with E-state index in [-0.39, 0.29) is 23.9 Å². The van der Waals surface area contributed by atoms with Crippen molar-refractivity contribution in [2.24, 2.45) is 0 Å². The molecule has 0 N–H and O–H groups in total. The Morgan fingerprint density at radius 2 is 1.82 bits per heavy atom. The predicted molar refractivity (Wildman–Crippen MR) is 110 cm³/mol. The van der Waals surface area contributed by atoms with Gasteiger partial charge in [0.1, 0.15) is 11.9 Å². The van der Waals surface area contributed by atoms with Crippen LogP contribution < -0.4 is 0 Å². The summed E-state index contributed by atoms with van der Waals surface area (Å²) >= 11 is 0. The first-order valence-corrected chi connectivity index (χ1v) is 10.4. The number of hydrogen-bond donors (Lipinski definition) is 0. The van der Waals surface area contributed by atoms with Crippen LogP contribution in [0.2, 0.25) is 0 Å². The third-order valence-corrected chi connectivity index (χ3v) is 5.21. The van der Waals surface area contributed by atoms with Gasteiger partial charge in [0.15, 0.2) is 0 Å². The molecule has 4 heteroatoms. The lowest BCUT2D eigenvalue weighted by Crippen LogP contribution is -2.47. The van der Waals surface area contributed by atoms with Crippen LogP contribution in [-0.2, 0) is 16.0 Å². The number of hydrogen-bond acceptors (Lipinski definition) is 2. The predicted octanol–water partition coefficient (Wildman–Crippen LogP) is 5.29. The van der Waals surface area contributed by atoms with Gasteiger partial charge in [0, 0.05) is 13.2 Å². The van der Waals surface area contributed by atoms with E-state index in [1.807, 2.05) is 17.0 Å². The quantitative estimate of drug-likeness (QED) is 0.706. The zero-order chi connectivity index (χ0) is 19.9. The highest BCUT2D eigenvalue weighted by Gasteiger charge is 2.36. The van der Waals surface area contributed by atoms with E-state index in [1.54, 1.807) is 12.1 Å². The minimum Gasteiger partial charge on any atom is -0.368 e. The Balaban J connectivity index is 0.000000706. The maximum absolute atomic E-state index is 13.4. The number of nitrogens with zero attached hydrogens (tertiary/aromatic N) is 1. The van der Waals surface area contributed by atoms with Gasteiger partial charge >= 0.3 is 0 Å². The number of rotatable bonds is 2. The van der Waals surface area contributed by atoms with Gasteiger partial charge in [-0.25, -0.2) is 4.39 Å². The molecule has 2 aliphatic heterocycles. The summed E-state index contributed by atoms with van der Waals surface area (Å²) in [6.45, 7) is 5.57. The van der Waals surface area contributed by atoms with E-state index in [9.17, 15) is 9.18 Å². The molecule has 0 bridgehead atoms. The Morgan fingerprint density at radius 1 is 1.11 bits per heavy atom. The van der Waals surface area contributed by atoms with Crippen LogP contribution in [-0.4, -0.2) is 30.1 Å². The van der Waals surface area contributed by atoms with Crippen LogP contribution in [0.4, 0.5) is 4.39 Å². The molecule has 2 aliphatic rings. The van der Waals surface area contributed by atoms with Crippen LogP contribution in [0.5, 0.6) is 0 Å². The average Bonchev–Trinajstić information content (AvgIpc) is 2.74. The molecular formula is C24H30FNO2. The molecule has 1 fully saturated rings. The van der Waals surface area contributed by atoms with Crippen LogP contribution in [0, 0.1) is 5.82 Å². The normalized spacial score (nSPS) is 21.3. The Bertz CT molecular complexity index is 768. The van der Waals surface area contributed by atoms with Crippen molar-refractivity contribution in [1.82, 2.24) is 4.90 Å². The second-order valence-electron chi connectivity index (χ2n) is 7.50. The van der Waals surface area contributed by atoms with E-state index in [4.69, 9.17) is 4.74 Å². The average molecular weight is 384 g/mol. The zero-order valence-electron chi connectivity index (χ0n) is 16.9. The molecular weight excluding hydrogens is 353 g/mol. The largest absolute Gasteiger partial charge is 0.368 e. The molecule has 2 atom stereocenters. The topological polar surface area (TPSA) is 29.5 Å². The number of carbonyl (C=O) groups excluding carboxylic acids is 1. The van der Waals surface area contributed by atoms with Crippen LogP contribution in [0.1, 0.15) is 62.3 Å². The summed E-state index contributed by atoms with van der Waals surface area (Å²) in [6.07, 6.45) is 4.58. The van der Waals surface area contributed by atoms with Crippen molar-refractivity contribution in [3.63, 3.8) is 0 Å². The van der Waals surface area contributed by atoms with Gasteiger partial charge in [0.25, 0.3) is 5.91 Å². The SMILES string of the molecule is CCC.O=C([C@H]1CCCCO1)N1CCc2ccccc2[C@@H]1c1ccc(F)cc1. The Labute approximate surface area is 167 Å². The monoisotopic (exact) mass is 383 g/mol. The van der Waals surface area contributed by atoms with Gasteiger partial charge in [-0.3, -0.25) is 4.79 Å². The standard InChI is InChI=1S/C21H22FNO2.C3H8/c22-17-10-8-16(9-11-17)20-18-6-2-1-5-15(18)12-13-23(20)21(24)19-7-3-4-14-25-19;1-3-2/h1-2,5-6,8-11,19-20H,3-4,7,12-14H2;3H2,1-2H3/t19-,20+;/m1./s1. The van der Waals surface area contributed by atoms with Gasteiger partial charge in [0.05, 0.1) is 6.04 Å². The highest BCUT2D eigenvalue weighted by Crippen LogP contribution is 2.36. The van der Waals surface area contributed by atoms with E-state index < -0.39 is 0 Å². The molecule has 28 heavy (non-hydrogen) atoms. The van der Waals surface area contributed by atoms with E-state index in [0.717, 1.165) is 36.8 Å². The first-order valence-electron chi connectivity index (χ1n) is 10.4. The summed E-state index contributed by atoms with van der Waals surface area (Å²) in [7, 11) is 0. The number of halogens is 1. The molecule has 0 radical (unpaired) electrons. The molecule has 2 aromatic rings. The van der Waals surface area contributed by atoms with Crippen LogP contribution in [0.15, 0.2) is 48.5 Å². The molecule has 3 nitrogen and oxygen atoms in total. The molecule has 1 amide bonds. The smallest absolute Gasteiger partial charge is 0.252 e. The number of carbonyl (C=O) groups is 1. The van der Waals surface area contributed by atoms with Crippen molar-refractivity contribution in [2.45, 2.75) is 58.1 Å². The maximum Gasteiger partial charge on any atom is 0.252 e. The maximum atomic E-state index is 13.4. The van der Waals surface area contributed by atoms with Gasteiger partial charge in [-0.15, -0.1) is 0 Å². The molecule has 0 saturated carbocycles. The minimum atomic E-state index is -0.345. The fraction of sp³-hybridized carbons (Fsp3) is 0.458. The van der Waals surface area contributed by atoms with Crippen molar-refractivity contribution in [3.05, 3.63) is 71.0 Å². The Morgan fingerprint density at radius 3 is 2.50 bits per heavy atom. The lowest BCUT2D eigenvalue weighted by molar-refractivity contribution is -0.148. The van der Waals surface area contributed by atoms with Gasteiger partial charge in [-0.2, -0.15) is 0 Å². The van der Waals surface area contributed by atoms with E-state index in [0.29, 0.717) is 13.2 Å².